The molecule has 32 heavy (non-hydrogen) atoms. The van der Waals surface area contributed by atoms with Crippen LogP contribution in [0, 0.1) is 20.8 Å². The third-order valence-corrected chi connectivity index (χ3v) is 6.19. The van der Waals surface area contributed by atoms with E-state index in [0.29, 0.717) is 10.6 Å². The summed E-state index contributed by atoms with van der Waals surface area (Å²) in [6.45, 7) is 5.61. The van der Waals surface area contributed by atoms with Crippen LogP contribution in [0.15, 0.2) is 65.6 Å². The maximum Gasteiger partial charge on any atom is 0.294 e. The average molecular weight is 446 g/mol. The van der Waals surface area contributed by atoms with E-state index in [4.69, 9.17) is 0 Å². The summed E-state index contributed by atoms with van der Waals surface area (Å²) < 4.78 is 2.10. The van der Waals surface area contributed by atoms with E-state index in [1.807, 2.05) is 69.3 Å². The fourth-order valence-electron chi connectivity index (χ4n) is 3.67. The van der Waals surface area contributed by atoms with Crippen molar-refractivity contribution in [2.75, 3.05) is 11.9 Å². The quantitative estimate of drug-likeness (QED) is 0.556. The van der Waals surface area contributed by atoms with Crippen LogP contribution >= 0.6 is 11.8 Å². The van der Waals surface area contributed by atoms with Crippen molar-refractivity contribution in [3.05, 3.63) is 88.1 Å². The first-order chi connectivity index (χ1) is 15.3. The zero-order chi connectivity index (χ0) is 22.8. The molecule has 1 aliphatic rings. The van der Waals surface area contributed by atoms with Crippen LogP contribution in [0.25, 0.3) is 11.8 Å². The highest BCUT2D eigenvalue weighted by atomic mass is 32.2. The summed E-state index contributed by atoms with van der Waals surface area (Å²) in [6, 6.07) is 19.3. The Morgan fingerprint density at radius 1 is 1.00 bits per heavy atom. The Labute approximate surface area is 190 Å². The number of anilines is 1. The van der Waals surface area contributed by atoms with Gasteiger partial charge in [-0.05, 0) is 74.5 Å². The van der Waals surface area contributed by atoms with Gasteiger partial charge in [-0.15, -0.1) is 0 Å². The van der Waals surface area contributed by atoms with Crippen molar-refractivity contribution in [3.8, 4) is 5.69 Å². The molecule has 0 aliphatic carbocycles. The number of carbonyl (C=O) groups excluding carboxylic acids is 3. The normalized spacial score (nSPS) is 15.0. The molecule has 0 radical (unpaired) electrons. The number of amides is 3. The number of benzene rings is 2. The summed E-state index contributed by atoms with van der Waals surface area (Å²) in [5.74, 6) is -0.872. The SMILES string of the molecule is Cc1ccc(NC(=O)CN2C(=O)SC(=Cc3cc(C)n(-c4ccccc4)c3C)C2=O)cc1. The lowest BCUT2D eigenvalue weighted by Gasteiger charge is -2.12. The van der Waals surface area contributed by atoms with Gasteiger partial charge in [0.05, 0.1) is 4.91 Å². The molecule has 1 N–H and O–H groups in total. The Morgan fingerprint density at radius 2 is 1.69 bits per heavy atom. The lowest BCUT2D eigenvalue weighted by molar-refractivity contribution is -0.127. The van der Waals surface area contributed by atoms with Crippen molar-refractivity contribution in [2.45, 2.75) is 20.8 Å². The van der Waals surface area contributed by atoms with Gasteiger partial charge < -0.3 is 9.88 Å². The number of aromatic nitrogens is 1. The minimum Gasteiger partial charge on any atom is -0.325 e. The van der Waals surface area contributed by atoms with E-state index in [2.05, 4.69) is 9.88 Å². The van der Waals surface area contributed by atoms with Gasteiger partial charge in [0.1, 0.15) is 6.54 Å². The molecule has 2 heterocycles. The first kappa shape index (κ1) is 21.6. The van der Waals surface area contributed by atoms with E-state index in [1.165, 1.54) is 0 Å². The van der Waals surface area contributed by atoms with Gasteiger partial charge in [-0.25, -0.2) is 0 Å². The van der Waals surface area contributed by atoms with E-state index in [9.17, 15) is 14.4 Å². The van der Waals surface area contributed by atoms with Crippen molar-refractivity contribution in [2.24, 2.45) is 0 Å². The molecule has 1 aliphatic heterocycles. The second kappa shape index (κ2) is 8.88. The van der Waals surface area contributed by atoms with Crippen LogP contribution in [0.4, 0.5) is 10.5 Å². The number of imide groups is 1. The number of thioether (sulfide) groups is 1. The lowest BCUT2D eigenvalue weighted by atomic mass is 10.2. The summed E-state index contributed by atoms with van der Waals surface area (Å²) in [5.41, 5.74) is 5.58. The highest BCUT2D eigenvalue weighted by molar-refractivity contribution is 8.18. The molecule has 2 aromatic carbocycles. The number of hydrogen-bond donors (Lipinski definition) is 1. The van der Waals surface area contributed by atoms with Crippen LogP contribution in [0.2, 0.25) is 0 Å². The molecule has 0 atom stereocenters. The topological polar surface area (TPSA) is 71.4 Å². The van der Waals surface area contributed by atoms with Gasteiger partial charge in [0, 0.05) is 22.8 Å². The number of hydrogen-bond acceptors (Lipinski definition) is 4. The van der Waals surface area contributed by atoms with Crippen molar-refractivity contribution in [1.29, 1.82) is 0 Å². The molecular weight excluding hydrogens is 422 g/mol. The van der Waals surface area contributed by atoms with Crippen LogP contribution < -0.4 is 5.32 Å². The van der Waals surface area contributed by atoms with Gasteiger partial charge >= 0.3 is 0 Å². The monoisotopic (exact) mass is 445 g/mol. The molecule has 0 spiro atoms. The number of aryl methyl sites for hydroxylation is 2. The minimum absolute atomic E-state index is 0.312. The summed E-state index contributed by atoms with van der Waals surface area (Å²) in [7, 11) is 0. The van der Waals surface area contributed by atoms with E-state index >= 15 is 0 Å². The number of nitrogens with one attached hydrogen (secondary N) is 1. The van der Waals surface area contributed by atoms with E-state index < -0.39 is 17.1 Å². The van der Waals surface area contributed by atoms with Crippen LogP contribution in [-0.4, -0.2) is 33.1 Å². The smallest absolute Gasteiger partial charge is 0.294 e. The fourth-order valence-corrected chi connectivity index (χ4v) is 4.50. The predicted octanol–water partition coefficient (Wildman–Crippen LogP) is 5.08. The zero-order valence-electron chi connectivity index (χ0n) is 18.1. The molecule has 0 bridgehead atoms. The predicted molar refractivity (Wildman–Crippen MR) is 128 cm³/mol. The molecule has 3 aromatic rings. The molecule has 3 amide bonds. The highest BCUT2D eigenvalue weighted by Gasteiger charge is 2.36. The van der Waals surface area contributed by atoms with Gasteiger partial charge in [0.15, 0.2) is 0 Å². The van der Waals surface area contributed by atoms with E-state index in [1.54, 1.807) is 18.2 Å². The standard InChI is InChI=1S/C25H23N3O3S/c1-16-9-11-20(12-10-16)26-23(29)15-27-24(30)22(32-25(27)31)14-19-13-17(2)28(18(19)3)21-7-5-4-6-8-21/h4-14H,15H2,1-3H3,(H,26,29). The van der Waals surface area contributed by atoms with Gasteiger partial charge in [0.25, 0.3) is 11.1 Å². The fraction of sp³-hybridized carbons (Fsp3) is 0.160. The Morgan fingerprint density at radius 3 is 2.38 bits per heavy atom. The number of nitrogens with zero attached hydrogens (tertiary/aromatic N) is 2. The Kier molecular flexibility index (Phi) is 6.01. The molecule has 162 valence electrons. The van der Waals surface area contributed by atoms with Crippen LogP contribution in [0.3, 0.4) is 0 Å². The Balaban J connectivity index is 1.51. The minimum atomic E-state index is -0.455. The number of rotatable bonds is 5. The van der Waals surface area contributed by atoms with Gasteiger partial charge in [0.2, 0.25) is 5.91 Å². The van der Waals surface area contributed by atoms with E-state index in [-0.39, 0.29) is 6.54 Å². The molecule has 7 heteroatoms. The Hall–Kier alpha value is -3.58. The van der Waals surface area contributed by atoms with E-state index in [0.717, 1.165) is 44.9 Å². The van der Waals surface area contributed by atoms with Gasteiger partial charge in [-0.2, -0.15) is 0 Å². The number of para-hydroxylation sites is 1. The maximum absolute atomic E-state index is 12.9. The first-order valence-corrected chi connectivity index (χ1v) is 11.0. The molecule has 1 saturated heterocycles. The molecule has 1 fully saturated rings. The second-order valence-corrected chi connectivity index (χ2v) is 8.67. The molecule has 1 aromatic heterocycles. The van der Waals surface area contributed by atoms with Gasteiger partial charge in [-0.1, -0.05) is 35.9 Å². The third kappa shape index (κ3) is 4.38. The Bertz CT molecular complexity index is 1230. The lowest BCUT2D eigenvalue weighted by Crippen LogP contribution is -2.36. The van der Waals surface area contributed by atoms with Crippen LogP contribution in [0.5, 0.6) is 0 Å². The molecule has 0 saturated carbocycles. The first-order valence-electron chi connectivity index (χ1n) is 10.2. The molecule has 4 rings (SSSR count). The molecule has 6 nitrogen and oxygen atoms in total. The summed E-state index contributed by atoms with van der Waals surface area (Å²) >= 11 is 0.856. The summed E-state index contributed by atoms with van der Waals surface area (Å²) in [4.78, 5) is 39.0. The van der Waals surface area contributed by atoms with Crippen molar-refractivity contribution < 1.29 is 14.4 Å². The third-order valence-electron chi connectivity index (χ3n) is 5.28. The van der Waals surface area contributed by atoms with Crippen LogP contribution in [-0.2, 0) is 9.59 Å². The largest absolute Gasteiger partial charge is 0.325 e. The second-order valence-electron chi connectivity index (χ2n) is 7.68. The van der Waals surface area contributed by atoms with Gasteiger partial charge in [-0.3, -0.25) is 19.3 Å². The van der Waals surface area contributed by atoms with Crippen LogP contribution in [0.1, 0.15) is 22.5 Å². The van der Waals surface area contributed by atoms with Crippen molar-refractivity contribution in [3.63, 3.8) is 0 Å². The zero-order valence-corrected chi connectivity index (χ0v) is 18.9. The summed E-state index contributed by atoms with van der Waals surface area (Å²) in [6.07, 6.45) is 1.73. The molecule has 0 unspecified atom stereocenters. The maximum atomic E-state index is 12.9. The summed E-state index contributed by atoms with van der Waals surface area (Å²) in [5, 5.41) is 2.28. The van der Waals surface area contributed by atoms with Crippen molar-refractivity contribution >= 4 is 40.6 Å². The highest BCUT2D eigenvalue weighted by Crippen LogP contribution is 2.33. The van der Waals surface area contributed by atoms with Crippen molar-refractivity contribution in [1.82, 2.24) is 9.47 Å². The average Bonchev–Trinajstić information content (AvgIpc) is 3.19. The number of carbonyl (C=O) groups is 3. The molecular formula is C25H23N3O3S.